The molecule has 2 heterocycles. The third-order valence-electron chi connectivity index (χ3n) is 6.45. The van der Waals surface area contributed by atoms with Gasteiger partial charge in [-0.1, -0.05) is 12.1 Å². The maximum absolute atomic E-state index is 13.2. The first-order valence-electron chi connectivity index (χ1n) is 11.1. The Hall–Kier alpha value is -2.85. The number of carbonyl (C=O) groups excluding carboxylic acids is 1. The maximum atomic E-state index is 13.2. The molecule has 2 saturated heterocycles. The number of halogens is 3. The largest absolute Gasteiger partial charge is 0.497 e. The molecule has 0 radical (unpaired) electrons. The molecule has 2 aromatic carbocycles. The predicted octanol–water partition coefficient (Wildman–Crippen LogP) is 4.22. The van der Waals surface area contributed by atoms with Crippen molar-refractivity contribution >= 4 is 28.9 Å². The summed E-state index contributed by atoms with van der Waals surface area (Å²) < 4.78 is 44.6. The molecule has 1 spiro atoms. The van der Waals surface area contributed by atoms with Crippen molar-refractivity contribution < 1.29 is 22.7 Å². The van der Waals surface area contributed by atoms with Crippen LogP contribution in [-0.2, 0) is 17.5 Å². The molecule has 6 nitrogen and oxygen atoms in total. The van der Waals surface area contributed by atoms with Crippen LogP contribution in [0.15, 0.2) is 48.5 Å². The number of methoxy groups -OCH3 is 1. The lowest BCUT2D eigenvalue weighted by atomic mass is 9.95. The molecule has 4 rings (SSSR count). The van der Waals surface area contributed by atoms with Crippen molar-refractivity contribution in [3.63, 3.8) is 0 Å². The molecule has 34 heavy (non-hydrogen) atoms. The quantitative estimate of drug-likeness (QED) is 0.624. The van der Waals surface area contributed by atoms with Gasteiger partial charge in [0.05, 0.1) is 24.4 Å². The highest BCUT2D eigenvalue weighted by atomic mass is 32.1. The monoisotopic (exact) mass is 492 g/mol. The Labute approximate surface area is 202 Å². The van der Waals surface area contributed by atoms with Gasteiger partial charge in [0.2, 0.25) is 5.91 Å². The Morgan fingerprint density at radius 3 is 2.50 bits per heavy atom. The highest BCUT2D eigenvalue weighted by molar-refractivity contribution is 7.80. The summed E-state index contributed by atoms with van der Waals surface area (Å²) in [5.74, 6) is 0.646. The molecule has 0 aliphatic carbocycles. The van der Waals surface area contributed by atoms with E-state index in [4.69, 9.17) is 17.0 Å². The van der Waals surface area contributed by atoms with Gasteiger partial charge in [0.15, 0.2) is 5.11 Å². The van der Waals surface area contributed by atoms with E-state index >= 15 is 0 Å². The minimum Gasteiger partial charge on any atom is -0.497 e. The lowest BCUT2D eigenvalue weighted by molar-refractivity contribution is -0.137. The van der Waals surface area contributed by atoms with Crippen molar-refractivity contribution in [3.05, 3.63) is 59.7 Å². The van der Waals surface area contributed by atoms with Gasteiger partial charge in [-0.15, -0.1) is 0 Å². The molecule has 0 bridgehead atoms. The molecule has 2 fully saturated rings. The Balaban J connectivity index is 1.44. The van der Waals surface area contributed by atoms with Crippen molar-refractivity contribution in [2.75, 3.05) is 25.5 Å². The third kappa shape index (κ3) is 4.97. The number of alkyl halides is 3. The van der Waals surface area contributed by atoms with Gasteiger partial charge >= 0.3 is 6.18 Å². The molecule has 1 atom stereocenters. The number of ether oxygens (including phenoxy) is 1. The van der Waals surface area contributed by atoms with Gasteiger partial charge in [-0.2, -0.15) is 13.2 Å². The van der Waals surface area contributed by atoms with Crippen LogP contribution < -0.4 is 15.4 Å². The number of nitrogens with zero attached hydrogens (tertiary/aromatic N) is 2. The predicted molar refractivity (Wildman–Crippen MR) is 127 cm³/mol. The average molecular weight is 493 g/mol. The second kappa shape index (κ2) is 9.42. The fourth-order valence-corrected chi connectivity index (χ4v) is 4.92. The molecule has 182 valence electrons. The summed E-state index contributed by atoms with van der Waals surface area (Å²) >= 11 is 5.59. The lowest BCUT2D eigenvalue weighted by Crippen LogP contribution is -2.59. The van der Waals surface area contributed by atoms with Crippen LogP contribution in [0.4, 0.5) is 18.9 Å². The van der Waals surface area contributed by atoms with Gasteiger partial charge in [-0.25, -0.2) is 0 Å². The van der Waals surface area contributed by atoms with E-state index in [-0.39, 0.29) is 12.5 Å². The SMILES string of the molecule is COc1ccc(NC(=S)N2CCC3(CC2)N[C@@H](C)C(=O)N3Cc2cccc(C(F)(F)F)c2)cc1. The van der Waals surface area contributed by atoms with Crippen LogP contribution in [-0.4, -0.2) is 52.7 Å². The maximum Gasteiger partial charge on any atom is 0.416 e. The number of nitrogens with one attached hydrogen (secondary N) is 2. The van der Waals surface area contributed by atoms with Gasteiger partial charge in [0.25, 0.3) is 0 Å². The number of piperidine rings is 1. The van der Waals surface area contributed by atoms with Gasteiger partial charge < -0.3 is 19.9 Å². The van der Waals surface area contributed by atoms with E-state index in [1.165, 1.54) is 6.07 Å². The molecule has 2 aliphatic heterocycles. The van der Waals surface area contributed by atoms with E-state index in [2.05, 4.69) is 10.6 Å². The summed E-state index contributed by atoms with van der Waals surface area (Å²) in [6.07, 6.45) is -3.22. The number of rotatable bonds is 4. The molecule has 2 aliphatic rings. The number of anilines is 1. The lowest BCUT2D eigenvalue weighted by Gasteiger charge is -2.45. The van der Waals surface area contributed by atoms with Crippen molar-refractivity contribution in [3.8, 4) is 5.75 Å². The minimum absolute atomic E-state index is 0.107. The van der Waals surface area contributed by atoms with E-state index < -0.39 is 23.4 Å². The number of thiocarbonyl (C=S) groups is 1. The number of hydrogen-bond acceptors (Lipinski definition) is 4. The highest BCUT2D eigenvalue weighted by Gasteiger charge is 2.50. The van der Waals surface area contributed by atoms with Crippen LogP contribution >= 0.6 is 12.2 Å². The van der Waals surface area contributed by atoms with Crippen LogP contribution in [0.25, 0.3) is 0 Å². The topological polar surface area (TPSA) is 56.8 Å². The summed E-state index contributed by atoms with van der Waals surface area (Å²) in [4.78, 5) is 16.7. The first-order chi connectivity index (χ1) is 16.1. The Morgan fingerprint density at radius 1 is 1.21 bits per heavy atom. The first kappa shape index (κ1) is 24.3. The van der Waals surface area contributed by atoms with E-state index in [9.17, 15) is 18.0 Å². The molecule has 1 amide bonds. The molecular formula is C24H27F3N4O2S. The molecule has 0 saturated carbocycles. The van der Waals surface area contributed by atoms with Crippen molar-refractivity contribution in [1.82, 2.24) is 15.1 Å². The van der Waals surface area contributed by atoms with Crippen molar-refractivity contribution in [1.29, 1.82) is 0 Å². The van der Waals surface area contributed by atoms with E-state index in [0.717, 1.165) is 23.6 Å². The molecule has 0 aromatic heterocycles. The van der Waals surface area contributed by atoms with Gasteiger partial charge in [0, 0.05) is 38.2 Å². The zero-order chi connectivity index (χ0) is 24.5. The molecular weight excluding hydrogens is 465 g/mol. The number of hydrogen-bond donors (Lipinski definition) is 2. The van der Waals surface area contributed by atoms with Crippen molar-refractivity contribution in [2.24, 2.45) is 0 Å². The summed E-state index contributed by atoms with van der Waals surface area (Å²) in [6, 6.07) is 12.2. The fraction of sp³-hybridized carbons (Fsp3) is 0.417. The molecule has 2 aromatic rings. The van der Waals surface area contributed by atoms with E-state index in [1.54, 1.807) is 25.0 Å². The van der Waals surface area contributed by atoms with Crippen molar-refractivity contribution in [2.45, 2.75) is 44.2 Å². The normalized spacial score (nSPS) is 20.0. The van der Waals surface area contributed by atoms with E-state index in [0.29, 0.717) is 36.6 Å². The third-order valence-corrected chi connectivity index (χ3v) is 6.81. The van der Waals surface area contributed by atoms with E-state index in [1.807, 2.05) is 29.2 Å². The van der Waals surface area contributed by atoms with Crippen LogP contribution in [0.2, 0.25) is 0 Å². The first-order valence-corrected chi connectivity index (χ1v) is 11.5. The fourth-order valence-electron chi connectivity index (χ4n) is 4.62. The Kier molecular flexibility index (Phi) is 6.73. The number of benzene rings is 2. The second-order valence-electron chi connectivity index (χ2n) is 8.67. The van der Waals surface area contributed by atoms with Gasteiger partial charge in [-0.05, 0) is 61.1 Å². The summed E-state index contributed by atoms with van der Waals surface area (Å²) in [7, 11) is 1.61. The molecule has 10 heteroatoms. The summed E-state index contributed by atoms with van der Waals surface area (Å²) in [6.45, 7) is 3.12. The Morgan fingerprint density at radius 2 is 1.88 bits per heavy atom. The standard InChI is InChI=1S/C24H27F3N4O2S/c1-16-21(32)31(15-17-4-3-5-18(14-17)24(25,26)27)23(29-16)10-12-30(13-11-23)22(34)28-19-6-8-20(33-2)9-7-19/h3-9,14,16,29H,10-13,15H2,1-2H3,(H,28,34)/t16-/m0/s1. The summed E-state index contributed by atoms with van der Waals surface area (Å²) in [5, 5.41) is 7.22. The minimum atomic E-state index is -4.42. The van der Waals surface area contributed by atoms with Gasteiger partial charge in [-0.3, -0.25) is 10.1 Å². The van der Waals surface area contributed by atoms with Gasteiger partial charge in [0.1, 0.15) is 5.75 Å². The smallest absolute Gasteiger partial charge is 0.416 e. The second-order valence-corrected chi connectivity index (χ2v) is 9.05. The average Bonchev–Trinajstić information content (AvgIpc) is 3.03. The summed E-state index contributed by atoms with van der Waals surface area (Å²) in [5.41, 5.74) is -0.0224. The number of amides is 1. The zero-order valence-electron chi connectivity index (χ0n) is 19.0. The van der Waals surface area contributed by atoms with Crippen LogP contribution in [0.5, 0.6) is 5.75 Å². The molecule has 2 N–H and O–H groups in total. The van der Waals surface area contributed by atoms with Crippen LogP contribution in [0.1, 0.15) is 30.9 Å². The zero-order valence-corrected chi connectivity index (χ0v) is 19.8. The van der Waals surface area contributed by atoms with Crippen LogP contribution in [0, 0.1) is 0 Å². The number of carbonyl (C=O) groups is 1. The Bertz CT molecular complexity index is 1050. The highest BCUT2D eigenvalue weighted by Crippen LogP contribution is 2.35. The number of likely N-dealkylation sites (tertiary alicyclic amines) is 1. The molecule has 0 unspecified atom stereocenters. The van der Waals surface area contributed by atoms with Crippen LogP contribution in [0.3, 0.4) is 0 Å².